The van der Waals surface area contributed by atoms with Crippen LogP contribution in [0.2, 0.25) is 39.3 Å². The Balaban J connectivity index is 2.34. The molecular weight excluding hydrogens is 321 g/mol. The second kappa shape index (κ2) is 4.27. The highest BCUT2D eigenvalue weighted by Crippen LogP contribution is 2.40. The maximum atomic E-state index is 2.46. The van der Waals surface area contributed by atoms with E-state index in [-0.39, 0.29) is 0 Å². The van der Waals surface area contributed by atoms with Gasteiger partial charge in [-0.3, -0.25) is 0 Å². The molecule has 0 amide bonds. The fraction of sp³-hybridized carbons (Fsp3) is 0.429. The van der Waals surface area contributed by atoms with Crippen LogP contribution in [-0.2, 0) is 0 Å². The molecule has 0 saturated carbocycles. The Morgan fingerprint density at radius 2 is 1.00 bits per heavy atom. The zero-order valence-corrected chi connectivity index (χ0v) is 16.8. The highest BCUT2D eigenvalue weighted by molar-refractivity contribution is 7.40. The molecule has 0 radical (unpaired) electrons. The van der Waals surface area contributed by atoms with Crippen molar-refractivity contribution in [1.29, 1.82) is 0 Å². The molecule has 3 rings (SSSR count). The first-order valence-electron chi connectivity index (χ1n) is 6.62. The first kappa shape index (κ1) is 14.0. The minimum atomic E-state index is -1.21. The van der Waals surface area contributed by atoms with E-state index in [0.29, 0.717) is 0 Å². The molecule has 0 atom stereocenters. The van der Waals surface area contributed by atoms with Crippen LogP contribution in [0.5, 0.6) is 0 Å². The minimum Gasteiger partial charge on any atom is -0.142 e. The summed E-state index contributed by atoms with van der Waals surface area (Å²) in [6.45, 7) is 14.8. The van der Waals surface area contributed by atoms with Gasteiger partial charge in [-0.2, -0.15) is 0 Å². The number of hydrogen-bond donors (Lipinski definition) is 0. The Hall–Kier alpha value is 0.0538. The van der Waals surface area contributed by atoms with Crippen LogP contribution in [-0.4, -0.2) is 16.1 Å². The van der Waals surface area contributed by atoms with Crippen LogP contribution in [0.25, 0.3) is 18.8 Å². The van der Waals surface area contributed by atoms with Gasteiger partial charge in [0, 0.05) is 9.40 Å². The molecule has 0 aliphatic rings. The standard InChI is InChI=1S/C14H20S3Si2/c1-18(2,3)9-7-15-13-11(9)17-12-10(19(4,5)6)8-16-14(12)13/h7-8H,1-6H3. The molecule has 0 aliphatic carbocycles. The van der Waals surface area contributed by atoms with E-state index < -0.39 is 16.1 Å². The number of fused-ring (bicyclic) bond motifs is 3. The van der Waals surface area contributed by atoms with E-state index >= 15 is 0 Å². The first-order chi connectivity index (χ1) is 8.69. The topological polar surface area (TPSA) is 0 Å². The van der Waals surface area contributed by atoms with E-state index in [1.54, 1.807) is 29.2 Å². The Kier molecular flexibility index (Phi) is 3.15. The van der Waals surface area contributed by atoms with Gasteiger partial charge in [0.05, 0.1) is 25.5 Å². The molecule has 0 saturated heterocycles. The lowest BCUT2D eigenvalue weighted by molar-refractivity contribution is 1.79. The number of thiophene rings is 3. The van der Waals surface area contributed by atoms with Crippen molar-refractivity contribution in [3.63, 3.8) is 0 Å². The van der Waals surface area contributed by atoms with Crippen molar-refractivity contribution < 1.29 is 0 Å². The van der Waals surface area contributed by atoms with Gasteiger partial charge in [0.25, 0.3) is 0 Å². The molecule has 0 aromatic carbocycles. The fourth-order valence-corrected chi connectivity index (χ4v) is 13.1. The third-order valence-electron chi connectivity index (χ3n) is 3.52. The largest absolute Gasteiger partial charge is 0.142 e. The van der Waals surface area contributed by atoms with Crippen molar-refractivity contribution >= 4 is 79.3 Å². The highest BCUT2D eigenvalue weighted by atomic mass is 32.1. The SMILES string of the molecule is C[Si](C)(C)c1csc2c1sc1c([Si](C)(C)C)csc12. The van der Waals surface area contributed by atoms with Gasteiger partial charge >= 0.3 is 0 Å². The van der Waals surface area contributed by atoms with Crippen molar-refractivity contribution in [3.05, 3.63) is 10.8 Å². The average Bonchev–Trinajstić information content (AvgIpc) is 2.80. The normalized spacial score (nSPS) is 13.8. The van der Waals surface area contributed by atoms with Crippen LogP contribution in [0.3, 0.4) is 0 Å². The maximum Gasteiger partial charge on any atom is 0.0805 e. The maximum absolute atomic E-state index is 2.46. The van der Waals surface area contributed by atoms with Gasteiger partial charge in [0.1, 0.15) is 0 Å². The average molecular weight is 341 g/mol. The predicted octanol–water partition coefficient (Wildman–Crippen LogP) is 5.27. The molecule has 102 valence electrons. The van der Waals surface area contributed by atoms with Crippen LogP contribution >= 0.6 is 34.0 Å². The fourth-order valence-electron chi connectivity index (χ4n) is 2.35. The summed E-state index contributed by atoms with van der Waals surface area (Å²) in [5.74, 6) is 0. The second-order valence-corrected chi connectivity index (χ2v) is 20.1. The lowest BCUT2D eigenvalue weighted by Gasteiger charge is -2.14. The Labute approximate surface area is 129 Å². The van der Waals surface area contributed by atoms with Gasteiger partial charge in [-0.15, -0.1) is 34.0 Å². The molecule has 0 fully saturated rings. The van der Waals surface area contributed by atoms with Gasteiger partial charge in [-0.1, -0.05) is 39.3 Å². The van der Waals surface area contributed by atoms with Crippen molar-refractivity contribution in [2.24, 2.45) is 0 Å². The minimum absolute atomic E-state index is 1.21. The summed E-state index contributed by atoms with van der Waals surface area (Å²) in [5.41, 5.74) is 0. The van der Waals surface area contributed by atoms with Crippen LogP contribution in [0.15, 0.2) is 10.8 Å². The Morgan fingerprint density at radius 1 is 0.632 bits per heavy atom. The smallest absolute Gasteiger partial charge is 0.0805 e. The summed E-state index contributed by atoms with van der Waals surface area (Å²) in [5, 5.41) is 8.20. The van der Waals surface area contributed by atoms with Gasteiger partial charge in [0.2, 0.25) is 0 Å². The zero-order valence-electron chi connectivity index (χ0n) is 12.4. The summed E-state index contributed by atoms with van der Waals surface area (Å²) in [7, 11) is -2.42. The summed E-state index contributed by atoms with van der Waals surface area (Å²) >= 11 is 6.02. The van der Waals surface area contributed by atoms with Crippen molar-refractivity contribution in [3.8, 4) is 0 Å². The molecule has 0 nitrogen and oxygen atoms in total. The summed E-state index contributed by atoms with van der Waals surface area (Å²) in [4.78, 5) is 0. The molecule has 3 aromatic heterocycles. The Morgan fingerprint density at radius 3 is 1.32 bits per heavy atom. The summed E-state index contributed by atoms with van der Waals surface area (Å²) in [6, 6.07) is 0. The summed E-state index contributed by atoms with van der Waals surface area (Å²) < 4.78 is 6.33. The van der Waals surface area contributed by atoms with E-state index in [1.165, 1.54) is 0 Å². The lowest BCUT2D eigenvalue weighted by Crippen LogP contribution is -2.36. The van der Waals surface area contributed by atoms with Gasteiger partial charge in [0.15, 0.2) is 0 Å². The number of hydrogen-bond acceptors (Lipinski definition) is 3. The monoisotopic (exact) mass is 340 g/mol. The van der Waals surface area contributed by atoms with Gasteiger partial charge < -0.3 is 0 Å². The molecule has 19 heavy (non-hydrogen) atoms. The molecule has 0 N–H and O–H groups in total. The van der Waals surface area contributed by atoms with Crippen LogP contribution < -0.4 is 10.4 Å². The molecular formula is C14H20S3Si2. The zero-order chi connectivity index (χ0) is 14.0. The molecule has 0 spiro atoms. The molecule has 3 heterocycles. The molecule has 3 aromatic rings. The van der Waals surface area contributed by atoms with E-state index in [4.69, 9.17) is 0 Å². The summed E-state index contributed by atoms with van der Waals surface area (Å²) in [6.07, 6.45) is 0. The molecule has 0 unspecified atom stereocenters. The predicted molar refractivity (Wildman–Crippen MR) is 101 cm³/mol. The third kappa shape index (κ3) is 2.19. The van der Waals surface area contributed by atoms with Gasteiger partial charge in [-0.05, 0) is 21.1 Å². The third-order valence-corrected chi connectivity index (χ3v) is 12.0. The number of rotatable bonds is 2. The van der Waals surface area contributed by atoms with Crippen molar-refractivity contribution in [2.75, 3.05) is 0 Å². The van der Waals surface area contributed by atoms with Crippen molar-refractivity contribution in [1.82, 2.24) is 0 Å². The first-order valence-corrected chi connectivity index (χ1v) is 16.2. The van der Waals surface area contributed by atoms with Crippen molar-refractivity contribution in [2.45, 2.75) is 39.3 Å². The van der Waals surface area contributed by atoms with Crippen LogP contribution in [0.4, 0.5) is 0 Å². The van der Waals surface area contributed by atoms with Crippen LogP contribution in [0.1, 0.15) is 0 Å². The quantitative estimate of drug-likeness (QED) is 0.558. The van der Waals surface area contributed by atoms with E-state index in [1.807, 2.05) is 22.7 Å². The van der Waals surface area contributed by atoms with E-state index in [9.17, 15) is 0 Å². The highest BCUT2D eigenvalue weighted by Gasteiger charge is 2.27. The van der Waals surface area contributed by atoms with E-state index in [0.717, 1.165) is 0 Å². The lowest BCUT2D eigenvalue weighted by atomic mass is 10.5. The van der Waals surface area contributed by atoms with Crippen LogP contribution in [0, 0.1) is 0 Å². The molecule has 5 heteroatoms. The molecule has 0 aliphatic heterocycles. The van der Waals surface area contributed by atoms with E-state index in [2.05, 4.69) is 61.4 Å². The van der Waals surface area contributed by atoms with Gasteiger partial charge in [-0.25, -0.2) is 0 Å². The molecule has 0 bridgehead atoms. The Bertz CT molecular complexity index is 684. The second-order valence-electron chi connectivity index (χ2n) is 7.22.